The number of anilines is 2. The van der Waals surface area contributed by atoms with Crippen molar-refractivity contribution >= 4 is 28.2 Å². The molecule has 3 fully saturated rings. The van der Waals surface area contributed by atoms with E-state index in [0.717, 1.165) is 60.6 Å². The van der Waals surface area contributed by atoms with Gasteiger partial charge in [0, 0.05) is 61.3 Å². The second kappa shape index (κ2) is 11.3. The van der Waals surface area contributed by atoms with E-state index in [9.17, 15) is 10.1 Å². The molecule has 4 aliphatic rings. The average molecular weight is 568 g/mol. The number of carbonyl (C=O) groups is 1. The highest BCUT2D eigenvalue weighted by Crippen LogP contribution is 2.34. The monoisotopic (exact) mass is 567 g/mol. The van der Waals surface area contributed by atoms with Crippen LogP contribution in [0.2, 0.25) is 0 Å². The van der Waals surface area contributed by atoms with Crippen LogP contribution in [-0.2, 0) is 17.8 Å². The Hall–Kier alpha value is -4.01. The third-order valence-corrected chi connectivity index (χ3v) is 9.19. The number of nitrogens with one attached hydrogen (secondary N) is 1. The zero-order valence-electron chi connectivity index (χ0n) is 24.1. The van der Waals surface area contributed by atoms with Gasteiger partial charge in [-0.2, -0.15) is 15.2 Å². The number of nitrogens with zero attached hydrogens (tertiary/aromatic N) is 8. The minimum Gasteiger partial charge on any atom is -0.462 e. The Morgan fingerprint density at radius 2 is 2.00 bits per heavy atom. The molecule has 0 bridgehead atoms. The van der Waals surface area contributed by atoms with Gasteiger partial charge in [0.2, 0.25) is 5.91 Å². The normalized spacial score (nSPS) is 24.0. The van der Waals surface area contributed by atoms with Crippen LogP contribution in [0.5, 0.6) is 6.01 Å². The Labute approximate surface area is 246 Å². The molecule has 1 amide bonds. The van der Waals surface area contributed by atoms with Gasteiger partial charge in [-0.1, -0.05) is 24.3 Å². The van der Waals surface area contributed by atoms with Gasteiger partial charge in [0.25, 0.3) is 0 Å². The van der Waals surface area contributed by atoms with Crippen LogP contribution in [0.3, 0.4) is 0 Å². The number of amides is 1. The molecule has 6 heterocycles. The fourth-order valence-corrected chi connectivity index (χ4v) is 6.69. The van der Waals surface area contributed by atoms with Crippen molar-refractivity contribution in [3.63, 3.8) is 0 Å². The summed E-state index contributed by atoms with van der Waals surface area (Å²) in [6.45, 7) is 5.60. The number of aromatic nitrogens is 3. The maximum absolute atomic E-state index is 13.0. The molecule has 1 N–H and O–H groups in total. The molecule has 0 radical (unpaired) electrons. The first-order valence-corrected chi connectivity index (χ1v) is 15.1. The summed E-state index contributed by atoms with van der Waals surface area (Å²) in [6.07, 6.45) is 7.21. The third kappa shape index (κ3) is 5.21. The van der Waals surface area contributed by atoms with Gasteiger partial charge < -0.3 is 29.7 Å². The molecular weight excluding hydrogens is 530 g/mol. The van der Waals surface area contributed by atoms with E-state index >= 15 is 0 Å². The molecule has 11 heteroatoms. The zero-order chi connectivity index (χ0) is 28.6. The maximum Gasteiger partial charge on any atom is 0.318 e. The summed E-state index contributed by atoms with van der Waals surface area (Å²) in [7, 11) is 2.14. The Morgan fingerprint density at radius 1 is 1.12 bits per heavy atom. The second-order valence-electron chi connectivity index (χ2n) is 11.8. The largest absolute Gasteiger partial charge is 0.462 e. The van der Waals surface area contributed by atoms with Crippen LogP contribution >= 0.6 is 0 Å². The van der Waals surface area contributed by atoms with E-state index in [4.69, 9.17) is 14.7 Å². The van der Waals surface area contributed by atoms with Crippen molar-refractivity contribution in [2.45, 2.75) is 50.4 Å². The highest BCUT2D eigenvalue weighted by atomic mass is 16.5. The summed E-state index contributed by atoms with van der Waals surface area (Å²) in [5.41, 5.74) is 3.19. The van der Waals surface area contributed by atoms with Gasteiger partial charge in [-0.15, -0.1) is 0 Å². The average Bonchev–Trinajstić information content (AvgIpc) is 3.80. The number of benzene rings is 1. The molecule has 0 spiro atoms. The molecule has 1 aromatic carbocycles. The Bertz CT molecular complexity index is 1510. The first kappa shape index (κ1) is 26.9. The predicted octanol–water partition coefficient (Wildman–Crippen LogP) is 1.96. The van der Waals surface area contributed by atoms with E-state index in [2.05, 4.69) is 56.3 Å². The topological polar surface area (TPSA) is 124 Å². The lowest BCUT2D eigenvalue weighted by atomic mass is 10.0. The van der Waals surface area contributed by atoms with Gasteiger partial charge in [0.05, 0.1) is 48.7 Å². The second-order valence-corrected chi connectivity index (χ2v) is 11.8. The van der Waals surface area contributed by atoms with Gasteiger partial charge in [-0.25, -0.2) is 0 Å². The molecule has 3 saturated heterocycles. The van der Waals surface area contributed by atoms with Crippen LogP contribution in [0.25, 0.3) is 10.8 Å². The van der Waals surface area contributed by atoms with Crippen LogP contribution in [0, 0.1) is 11.3 Å². The first-order valence-electron chi connectivity index (χ1n) is 15.1. The van der Waals surface area contributed by atoms with Crippen molar-refractivity contribution in [2.24, 2.45) is 0 Å². The smallest absolute Gasteiger partial charge is 0.318 e. The fraction of sp³-hybridized carbons (Fsp3) is 0.516. The van der Waals surface area contributed by atoms with E-state index in [0.29, 0.717) is 51.3 Å². The molecule has 218 valence electrons. The zero-order valence-corrected chi connectivity index (χ0v) is 24.1. The van der Waals surface area contributed by atoms with Crippen LogP contribution in [0.15, 0.2) is 36.7 Å². The van der Waals surface area contributed by atoms with Crippen molar-refractivity contribution in [3.05, 3.63) is 47.9 Å². The Kier molecular flexibility index (Phi) is 7.25. The van der Waals surface area contributed by atoms with Gasteiger partial charge in [-0.3, -0.25) is 9.78 Å². The summed E-state index contributed by atoms with van der Waals surface area (Å²) in [6, 6.07) is 11.1. The van der Waals surface area contributed by atoms with Gasteiger partial charge in [0.1, 0.15) is 12.4 Å². The molecule has 0 aliphatic carbocycles. The van der Waals surface area contributed by atoms with E-state index in [1.54, 1.807) is 0 Å². The Balaban J connectivity index is 1.20. The summed E-state index contributed by atoms with van der Waals surface area (Å²) in [5.74, 6) is 0.980. The number of fused-ring (bicyclic) bond motifs is 2. The van der Waals surface area contributed by atoms with E-state index < -0.39 is 0 Å². The SMILES string of the molecule is CN1CCC[C@H]1COc1nc2c(c(N3CCN(C(=O)[C@H]4CN4)[C@@H](CC#N)C3)n1)CCN(c1cncc3ccccc13)C2. The van der Waals surface area contributed by atoms with E-state index in [1.165, 1.54) is 11.8 Å². The molecular formula is C31H37N9O2. The number of piperazine rings is 1. The lowest BCUT2D eigenvalue weighted by Gasteiger charge is -2.42. The minimum atomic E-state index is -0.178. The number of rotatable bonds is 7. The summed E-state index contributed by atoms with van der Waals surface area (Å²) in [5, 5.41) is 15.0. The molecule has 7 rings (SSSR count). The fourth-order valence-electron chi connectivity index (χ4n) is 6.69. The molecule has 11 nitrogen and oxygen atoms in total. The van der Waals surface area contributed by atoms with Crippen molar-refractivity contribution in [1.82, 2.24) is 30.1 Å². The highest BCUT2D eigenvalue weighted by Gasteiger charge is 2.39. The number of hydrogen-bond donors (Lipinski definition) is 1. The third-order valence-electron chi connectivity index (χ3n) is 9.19. The molecule has 0 unspecified atom stereocenters. The molecule has 0 saturated carbocycles. The van der Waals surface area contributed by atoms with Gasteiger partial charge in [-0.05, 0) is 32.9 Å². The summed E-state index contributed by atoms with van der Waals surface area (Å²) >= 11 is 0. The minimum absolute atomic E-state index is 0.101. The van der Waals surface area contributed by atoms with E-state index in [1.807, 2.05) is 23.4 Å². The lowest BCUT2D eigenvalue weighted by Crippen LogP contribution is -2.57. The van der Waals surface area contributed by atoms with Crippen LogP contribution in [0.1, 0.15) is 30.5 Å². The molecule has 3 aromatic rings. The number of hydrogen-bond acceptors (Lipinski definition) is 10. The van der Waals surface area contributed by atoms with E-state index in [-0.39, 0.29) is 18.0 Å². The number of likely N-dealkylation sites (N-methyl/N-ethyl adjacent to an activating group) is 1. The van der Waals surface area contributed by atoms with Crippen LogP contribution < -0.4 is 19.9 Å². The van der Waals surface area contributed by atoms with Crippen molar-refractivity contribution in [1.29, 1.82) is 5.26 Å². The first-order chi connectivity index (χ1) is 20.6. The van der Waals surface area contributed by atoms with Crippen molar-refractivity contribution in [2.75, 3.05) is 62.7 Å². The Morgan fingerprint density at radius 3 is 2.81 bits per heavy atom. The number of nitriles is 1. The highest BCUT2D eigenvalue weighted by molar-refractivity contribution is 5.93. The summed E-state index contributed by atoms with van der Waals surface area (Å²) < 4.78 is 6.30. The standard InChI is InChI=1S/C31H37N9O2/c1-37-11-4-6-23(37)20-42-31-35-27-19-38(28-17-33-15-21-5-2-3-7-24(21)28)12-9-25(27)29(36-31)39-13-14-40(22(18-39)8-10-32)30(41)26-16-34-26/h2-3,5,7,15,17,22-23,26,34H,4,6,8-9,11-14,16,18-20H2,1H3/t22-,23-,26+/m0/s1. The molecule has 42 heavy (non-hydrogen) atoms. The number of pyridine rings is 1. The van der Waals surface area contributed by atoms with Crippen molar-refractivity contribution < 1.29 is 9.53 Å². The van der Waals surface area contributed by atoms with Crippen LogP contribution in [-0.4, -0.2) is 102 Å². The molecule has 2 aromatic heterocycles. The molecule has 3 atom stereocenters. The number of likely N-dealkylation sites (tertiary alicyclic amines) is 1. The molecule has 4 aliphatic heterocycles. The van der Waals surface area contributed by atoms with Crippen molar-refractivity contribution in [3.8, 4) is 12.1 Å². The van der Waals surface area contributed by atoms with Crippen LogP contribution in [0.4, 0.5) is 11.5 Å². The maximum atomic E-state index is 13.0. The van der Waals surface area contributed by atoms with Gasteiger partial charge >= 0.3 is 6.01 Å². The van der Waals surface area contributed by atoms with Gasteiger partial charge in [0.15, 0.2) is 0 Å². The quantitative estimate of drug-likeness (QED) is 0.424. The predicted molar refractivity (Wildman–Crippen MR) is 159 cm³/mol. The number of ether oxygens (including phenoxy) is 1. The lowest BCUT2D eigenvalue weighted by molar-refractivity contribution is -0.133. The number of carbonyl (C=O) groups excluding carboxylic acids is 1. The summed E-state index contributed by atoms with van der Waals surface area (Å²) in [4.78, 5) is 36.3.